The van der Waals surface area contributed by atoms with Crippen LogP contribution < -0.4 is 21.3 Å². The van der Waals surface area contributed by atoms with E-state index in [0.29, 0.717) is 17.9 Å². The molecule has 2 rings (SSSR count). The Morgan fingerprint density at radius 1 is 1.00 bits per heavy atom. The zero-order valence-electron chi connectivity index (χ0n) is 26.0. The minimum Gasteiger partial charge on any atom is -0.481 e. The summed E-state index contributed by atoms with van der Waals surface area (Å²) >= 11 is 6.17. The van der Waals surface area contributed by atoms with Crippen molar-refractivity contribution in [1.29, 1.82) is 0 Å². The number of carbonyl (C=O) groups excluding carboxylic acids is 5. The Kier molecular flexibility index (Phi) is 14.9. The summed E-state index contributed by atoms with van der Waals surface area (Å²) in [6.07, 6.45) is -2.72. The van der Waals surface area contributed by atoms with Crippen molar-refractivity contribution < 1.29 is 48.9 Å². The fourth-order valence-electron chi connectivity index (χ4n) is 5.07. The minimum absolute atomic E-state index is 0.0415. The van der Waals surface area contributed by atoms with Gasteiger partial charge in [-0.1, -0.05) is 50.1 Å². The lowest BCUT2D eigenvalue weighted by atomic mass is 9.97. The van der Waals surface area contributed by atoms with E-state index in [1.54, 1.807) is 38.1 Å². The SMILES string of the molecule is CC[C@H](C)[C@H](NC(C)=O)C(=O)N[C@@H](CCC(=O)O)C(=O)N1C[C@@H](NC(=O)CCc2ccccc2Cl)C[C@H]1C(=O)N[C@H](O)CC(=O)O. The zero-order chi connectivity index (χ0) is 34.6. The molecular formula is C30H42ClN5O10. The highest BCUT2D eigenvalue weighted by Crippen LogP contribution is 2.22. The number of aliphatic hydroxyl groups excluding tert-OH is 1. The number of hydrogen-bond acceptors (Lipinski definition) is 8. The van der Waals surface area contributed by atoms with Crippen LogP contribution >= 0.6 is 11.6 Å². The maximum Gasteiger partial charge on any atom is 0.307 e. The number of nitrogens with zero attached hydrogens (tertiary/aromatic N) is 1. The number of benzene rings is 1. The van der Waals surface area contributed by atoms with Crippen molar-refractivity contribution in [3.8, 4) is 0 Å². The van der Waals surface area contributed by atoms with E-state index < -0.39 is 84.7 Å². The molecule has 0 aliphatic carbocycles. The van der Waals surface area contributed by atoms with Crippen LogP contribution in [0.25, 0.3) is 0 Å². The van der Waals surface area contributed by atoms with Crippen LogP contribution in [-0.4, -0.2) is 98.6 Å². The quantitative estimate of drug-likeness (QED) is 0.111. The van der Waals surface area contributed by atoms with Gasteiger partial charge in [-0.2, -0.15) is 0 Å². The number of aliphatic hydroxyl groups is 1. The lowest BCUT2D eigenvalue weighted by Gasteiger charge is -2.30. The van der Waals surface area contributed by atoms with E-state index in [-0.39, 0.29) is 31.7 Å². The summed E-state index contributed by atoms with van der Waals surface area (Å²) in [7, 11) is 0. The summed E-state index contributed by atoms with van der Waals surface area (Å²) in [5.74, 6) is -6.33. The van der Waals surface area contributed by atoms with Gasteiger partial charge in [0, 0.05) is 37.4 Å². The standard InChI is InChI=1S/C30H42ClN5O10/c1-4-16(2)27(32-17(3)37)29(45)34-21(10-12-25(40)41)30(46)36-15-19(13-22(36)28(44)35-24(39)14-26(42)43)33-23(38)11-9-18-7-5-6-8-20(18)31/h5-8,16,19,21-22,24,27,39H,4,9-15H2,1-3H3,(H,32,37)(H,33,38)(H,34,45)(H,35,44)(H,40,41)(H,42,43)/t16-,19-,21-,22-,24+,27-/m0/s1. The number of likely N-dealkylation sites (tertiary alicyclic amines) is 1. The number of carboxylic acid groups (broad SMARTS) is 2. The second kappa shape index (κ2) is 18.0. The molecule has 0 bridgehead atoms. The maximum absolute atomic E-state index is 13.9. The van der Waals surface area contributed by atoms with Crippen molar-refractivity contribution in [2.24, 2.45) is 5.92 Å². The Balaban J connectivity index is 2.30. The van der Waals surface area contributed by atoms with Gasteiger partial charge in [0.2, 0.25) is 29.5 Å². The molecule has 254 valence electrons. The molecule has 7 N–H and O–H groups in total. The predicted molar refractivity (Wildman–Crippen MR) is 164 cm³/mol. The molecule has 1 aromatic carbocycles. The molecule has 1 aromatic rings. The van der Waals surface area contributed by atoms with Crippen LogP contribution in [0.15, 0.2) is 24.3 Å². The van der Waals surface area contributed by atoms with Crippen molar-refractivity contribution >= 4 is 53.1 Å². The molecule has 0 spiro atoms. The number of rotatable bonds is 17. The van der Waals surface area contributed by atoms with E-state index in [4.69, 9.17) is 16.7 Å². The third-order valence-electron chi connectivity index (χ3n) is 7.62. The van der Waals surface area contributed by atoms with Gasteiger partial charge in [-0.3, -0.25) is 33.6 Å². The molecule has 46 heavy (non-hydrogen) atoms. The molecule has 1 saturated heterocycles. The number of halogens is 1. The van der Waals surface area contributed by atoms with Crippen LogP contribution in [-0.2, 0) is 40.0 Å². The summed E-state index contributed by atoms with van der Waals surface area (Å²) in [5, 5.41) is 38.8. The van der Waals surface area contributed by atoms with Gasteiger partial charge in [0.1, 0.15) is 24.4 Å². The van der Waals surface area contributed by atoms with Crippen LogP contribution in [0.4, 0.5) is 0 Å². The fraction of sp³-hybridized carbons (Fsp3) is 0.567. The minimum atomic E-state index is -1.78. The topological polar surface area (TPSA) is 232 Å². The first-order valence-corrected chi connectivity index (χ1v) is 15.3. The first kappa shape index (κ1) is 37.9. The third-order valence-corrected chi connectivity index (χ3v) is 7.99. The van der Waals surface area contributed by atoms with Gasteiger partial charge < -0.3 is 41.5 Å². The molecule has 0 radical (unpaired) electrons. The summed E-state index contributed by atoms with van der Waals surface area (Å²) in [5.41, 5.74) is 0.749. The Labute approximate surface area is 271 Å². The second-order valence-corrected chi connectivity index (χ2v) is 11.7. The smallest absolute Gasteiger partial charge is 0.307 e. The van der Waals surface area contributed by atoms with Gasteiger partial charge in [0.25, 0.3) is 0 Å². The first-order chi connectivity index (χ1) is 21.6. The lowest BCUT2D eigenvalue weighted by molar-refractivity contribution is -0.145. The number of amides is 5. The normalized spacial score (nSPS) is 18.4. The number of carboxylic acids is 2. The van der Waals surface area contributed by atoms with Gasteiger partial charge in [-0.05, 0) is 36.8 Å². The van der Waals surface area contributed by atoms with Gasteiger partial charge in [-0.25, -0.2) is 0 Å². The maximum atomic E-state index is 13.9. The van der Waals surface area contributed by atoms with E-state index in [1.165, 1.54) is 6.92 Å². The molecular weight excluding hydrogens is 626 g/mol. The largest absolute Gasteiger partial charge is 0.481 e. The highest BCUT2D eigenvalue weighted by molar-refractivity contribution is 6.31. The van der Waals surface area contributed by atoms with E-state index in [2.05, 4.69) is 21.3 Å². The summed E-state index contributed by atoms with van der Waals surface area (Å²) in [6, 6.07) is 2.48. The molecule has 5 amide bonds. The number of aryl methyl sites for hydroxylation is 1. The lowest BCUT2D eigenvalue weighted by Crippen LogP contribution is -2.58. The Morgan fingerprint density at radius 3 is 2.26 bits per heavy atom. The van der Waals surface area contributed by atoms with E-state index in [0.717, 1.165) is 10.5 Å². The third kappa shape index (κ3) is 11.9. The Bertz CT molecular complexity index is 1290. The molecule has 1 fully saturated rings. The van der Waals surface area contributed by atoms with E-state index in [1.807, 2.05) is 0 Å². The van der Waals surface area contributed by atoms with E-state index in [9.17, 15) is 43.8 Å². The van der Waals surface area contributed by atoms with Crippen molar-refractivity contribution in [2.75, 3.05) is 6.54 Å². The molecule has 16 heteroatoms. The zero-order valence-corrected chi connectivity index (χ0v) is 26.7. The Morgan fingerprint density at radius 2 is 1.67 bits per heavy atom. The van der Waals surface area contributed by atoms with Crippen molar-refractivity contribution in [3.63, 3.8) is 0 Å². The average molecular weight is 668 g/mol. The van der Waals surface area contributed by atoms with Gasteiger partial charge in [0.05, 0.1) is 6.42 Å². The van der Waals surface area contributed by atoms with Crippen molar-refractivity contribution in [3.05, 3.63) is 34.9 Å². The number of aliphatic carboxylic acids is 2. The van der Waals surface area contributed by atoms with Crippen LogP contribution in [0.3, 0.4) is 0 Å². The summed E-state index contributed by atoms with van der Waals surface area (Å²) in [4.78, 5) is 88.4. The van der Waals surface area contributed by atoms with Crippen LogP contribution in [0.5, 0.6) is 0 Å². The van der Waals surface area contributed by atoms with Crippen LogP contribution in [0.1, 0.15) is 64.9 Å². The van der Waals surface area contributed by atoms with E-state index >= 15 is 0 Å². The molecule has 6 atom stereocenters. The molecule has 0 unspecified atom stereocenters. The number of hydrogen-bond donors (Lipinski definition) is 7. The van der Waals surface area contributed by atoms with Gasteiger partial charge in [-0.15, -0.1) is 0 Å². The first-order valence-electron chi connectivity index (χ1n) is 15.0. The summed E-state index contributed by atoms with van der Waals surface area (Å²) < 4.78 is 0. The average Bonchev–Trinajstić information content (AvgIpc) is 3.39. The highest BCUT2D eigenvalue weighted by Gasteiger charge is 2.43. The molecule has 1 heterocycles. The monoisotopic (exact) mass is 667 g/mol. The summed E-state index contributed by atoms with van der Waals surface area (Å²) in [6.45, 7) is 4.54. The van der Waals surface area contributed by atoms with Gasteiger partial charge >= 0.3 is 11.9 Å². The van der Waals surface area contributed by atoms with Crippen molar-refractivity contribution in [2.45, 2.75) is 96.1 Å². The van der Waals surface area contributed by atoms with Crippen molar-refractivity contribution in [1.82, 2.24) is 26.2 Å². The Hall–Kier alpha value is -4.24. The fourth-order valence-corrected chi connectivity index (χ4v) is 5.30. The van der Waals surface area contributed by atoms with Crippen LogP contribution in [0, 0.1) is 5.92 Å². The van der Waals surface area contributed by atoms with Gasteiger partial charge in [0.15, 0.2) is 0 Å². The predicted octanol–water partition coefficient (Wildman–Crippen LogP) is 0.168. The number of carbonyl (C=O) groups is 7. The molecule has 1 aliphatic heterocycles. The second-order valence-electron chi connectivity index (χ2n) is 11.3. The molecule has 0 saturated carbocycles. The van der Waals surface area contributed by atoms with Crippen LogP contribution in [0.2, 0.25) is 5.02 Å². The molecule has 0 aromatic heterocycles. The highest BCUT2D eigenvalue weighted by atomic mass is 35.5. The number of nitrogens with one attached hydrogen (secondary N) is 4. The molecule has 1 aliphatic rings. The molecule has 15 nitrogen and oxygen atoms in total.